The first kappa shape index (κ1) is 15.7. The van der Waals surface area contributed by atoms with E-state index in [2.05, 4.69) is 21.2 Å². The number of hydrogen-bond acceptors (Lipinski definition) is 5. The van der Waals surface area contributed by atoms with Crippen molar-refractivity contribution in [2.24, 2.45) is 0 Å². The van der Waals surface area contributed by atoms with E-state index in [9.17, 15) is 5.26 Å². The summed E-state index contributed by atoms with van der Waals surface area (Å²) in [6.45, 7) is 5.58. The highest BCUT2D eigenvalue weighted by Gasteiger charge is 2.27. The Hall–Kier alpha value is -2.16. The summed E-state index contributed by atoms with van der Waals surface area (Å²) < 4.78 is 5.87. The lowest BCUT2D eigenvalue weighted by Gasteiger charge is -2.34. The lowest BCUT2D eigenvalue weighted by molar-refractivity contribution is 0.0395. The van der Waals surface area contributed by atoms with Crippen LogP contribution in [0.1, 0.15) is 28.5 Å². The number of nitriles is 1. The first-order chi connectivity index (χ1) is 11.1. The number of benzene rings is 1. The smallest absolute Gasteiger partial charge is 0.169 e. The van der Waals surface area contributed by atoms with Crippen LogP contribution in [0.2, 0.25) is 5.02 Å². The van der Waals surface area contributed by atoms with Gasteiger partial charge in [0.05, 0.1) is 18.8 Å². The van der Waals surface area contributed by atoms with Crippen LogP contribution in [0.4, 0.5) is 5.82 Å². The van der Waals surface area contributed by atoms with Gasteiger partial charge in [0.1, 0.15) is 17.7 Å². The largest absolute Gasteiger partial charge is 0.370 e. The van der Waals surface area contributed by atoms with Crippen LogP contribution in [0.5, 0.6) is 0 Å². The maximum atomic E-state index is 9.48. The molecule has 1 aliphatic heterocycles. The van der Waals surface area contributed by atoms with E-state index in [-0.39, 0.29) is 6.10 Å². The third-order valence-electron chi connectivity index (χ3n) is 4.17. The summed E-state index contributed by atoms with van der Waals surface area (Å²) in [5, 5.41) is 18.6. The van der Waals surface area contributed by atoms with Crippen LogP contribution in [0.25, 0.3) is 0 Å². The second-order valence-corrected chi connectivity index (χ2v) is 5.95. The van der Waals surface area contributed by atoms with Crippen molar-refractivity contribution in [2.75, 3.05) is 24.6 Å². The van der Waals surface area contributed by atoms with Gasteiger partial charge in [-0.15, -0.1) is 5.10 Å². The molecule has 0 saturated carbocycles. The number of rotatable bonds is 2. The molecule has 1 unspecified atom stereocenters. The molecule has 118 valence electrons. The zero-order valence-electron chi connectivity index (χ0n) is 13.1. The molecule has 23 heavy (non-hydrogen) atoms. The van der Waals surface area contributed by atoms with E-state index in [1.54, 1.807) is 0 Å². The van der Waals surface area contributed by atoms with Crippen molar-refractivity contribution in [1.82, 2.24) is 10.2 Å². The van der Waals surface area contributed by atoms with Crippen LogP contribution in [-0.4, -0.2) is 29.9 Å². The standard InChI is InChI=1S/C17H17ClN4O/c1-11-12(2)20-21-17(14(11)9-19)22-7-8-23-16(10-22)13-5-3-4-6-15(13)18/h3-6,16H,7-8,10H2,1-2H3. The second-order valence-electron chi connectivity index (χ2n) is 5.55. The van der Waals surface area contributed by atoms with Gasteiger partial charge in [-0.1, -0.05) is 29.8 Å². The molecule has 0 bridgehead atoms. The fraction of sp³-hybridized carbons (Fsp3) is 0.353. The molecule has 1 fully saturated rings. The Balaban J connectivity index is 1.92. The first-order valence-electron chi connectivity index (χ1n) is 7.46. The molecule has 1 atom stereocenters. The van der Waals surface area contributed by atoms with Crippen LogP contribution < -0.4 is 4.90 Å². The molecule has 0 aliphatic carbocycles. The Bertz CT molecular complexity index is 772. The van der Waals surface area contributed by atoms with Crippen molar-refractivity contribution in [3.05, 3.63) is 51.7 Å². The Kier molecular flexibility index (Phi) is 4.46. The monoisotopic (exact) mass is 328 g/mol. The van der Waals surface area contributed by atoms with E-state index in [4.69, 9.17) is 16.3 Å². The predicted molar refractivity (Wildman–Crippen MR) is 88.6 cm³/mol. The average molecular weight is 329 g/mol. The number of aryl methyl sites for hydroxylation is 1. The van der Waals surface area contributed by atoms with Crippen LogP contribution in [0, 0.1) is 25.2 Å². The average Bonchev–Trinajstić information content (AvgIpc) is 2.57. The number of hydrogen-bond donors (Lipinski definition) is 0. The molecule has 5 nitrogen and oxygen atoms in total. The van der Waals surface area contributed by atoms with Gasteiger partial charge < -0.3 is 9.64 Å². The first-order valence-corrected chi connectivity index (χ1v) is 7.84. The molecule has 3 rings (SSSR count). The van der Waals surface area contributed by atoms with Crippen LogP contribution in [0.3, 0.4) is 0 Å². The highest BCUT2D eigenvalue weighted by atomic mass is 35.5. The minimum absolute atomic E-state index is 0.146. The van der Waals surface area contributed by atoms with Crippen molar-refractivity contribution in [3.8, 4) is 6.07 Å². The molecule has 0 radical (unpaired) electrons. The van der Waals surface area contributed by atoms with E-state index in [0.29, 0.717) is 36.1 Å². The number of anilines is 1. The van der Waals surface area contributed by atoms with Gasteiger partial charge in [0.15, 0.2) is 5.82 Å². The minimum atomic E-state index is -0.146. The van der Waals surface area contributed by atoms with E-state index in [0.717, 1.165) is 16.8 Å². The molecular formula is C17H17ClN4O. The van der Waals surface area contributed by atoms with Crippen LogP contribution in [0.15, 0.2) is 24.3 Å². The Morgan fingerprint density at radius 1 is 1.30 bits per heavy atom. The third-order valence-corrected chi connectivity index (χ3v) is 4.51. The van der Waals surface area contributed by atoms with Crippen molar-refractivity contribution in [3.63, 3.8) is 0 Å². The van der Waals surface area contributed by atoms with Crippen molar-refractivity contribution in [1.29, 1.82) is 5.26 Å². The van der Waals surface area contributed by atoms with Gasteiger partial charge in [-0.3, -0.25) is 0 Å². The van der Waals surface area contributed by atoms with Crippen molar-refractivity contribution < 1.29 is 4.74 Å². The van der Waals surface area contributed by atoms with Gasteiger partial charge in [0.2, 0.25) is 0 Å². The molecule has 0 amide bonds. The lowest BCUT2D eigenvalue weighted by Crippen LogP contribution is -2.39. The van der Waals surface area contributed by atoms with E-state index < -0.39 is 0 Å². The van der Waals surface area contributed by atoms with Crippen LogP contribution in [-0.2, 0) is 4.74 Å². The highest BCUT2D eigenvalue weighted by Crippen LogP contribution is 2.31. The van der Waals surface area contributed by atoms with E-state index in [1.165, 1.54) is 0 Å². The molecule has 2 heterocycles. The van der Waals surface area contributed by atoms with E-state index >= 15 is 0 Å². The summed E-state index contributed by atoms with van der Waals surface area (Å²) in [4.78, 5) is 2.05. The zero-order valence-corrected chi connectivity index (χ0v) is 13.8. The topological polar surface area (TPSA) is 62.0 Å². The number of ether oxygens (including phenoxy) is 1. The van der Waals surface area contributed by atoms with Gasteiger partial charge in [-0.05, 0) is 25.5 Å². The maximum absolute atomic E-state index is 9.48. The summed E-state index contributed by atoms with van der Waals surface area (Å²) in [5.74, 6) is 0.621. The highest BCUT2D eigenvalue weighted by molar-refractivity contribution is 6.31. The van der Waals surface area contributed by atoms with Gasteiger partial charge in [-0.2, -0.15) is 10.4 Å². The number of morpholine rings is 1. The number of aromatic nitrogens is 2. The molecule has 1 aliphatic rings. The normalized spacial score (nSPS) is 17.8. The predicted octanol–water partition coefficient (Wildman–Crippen LogP) is 3.20. The van der Waals surface area contributed by atoms with Gasteiger partial charge >= 0.3 is 0 Å². The number of halogens is 1. The fourth-order valence-electron chi connectivity index (χ4n) is 2.72. The Morgan fingerprint density at radius 3 is 2.83 bits per heavy atom. The molecule has 2 aromatic rings. The molecule has 0 N–H and O–H groups in total. The summed E-state index contributed by atoms with van der Waals surface area (Å²) in [7, 11) is 0. The summed E-state index contributed by atoms with van der Waals surface area (Å²) >= 11 is 6.28. The van der Waals surface area contributed by atoms with Crippen molar-refractivity contribution >= 4 is 17.4 Å². The summed E-state index contributed by atoms with van der Waals surface area (Å²) in [6, 6.07) is 9.92. The molecule has 1 aromatic heterocycles. The Labute approximate surface area is 140 Å². The van der Waals surface area contributed by atoms with Gasteiger partial charge in [0, 0.05) is 17.1 Å². The maximum Gasteiger partial charge on any atom is 0.169 e. The SMILES string of the molecule is Cc1nnc(N2CCOC(c3ccccc3Cl)C2)c(C#N)c1C. The second kappa shape index (κ2) is 6.53. The molecular weight excluding hydrogens is 312 g/mol. The quantitative estimate of drug-likeness (QED) is 0.847. The van der Waals surface area contributed by atoms with E-state index in [1.807, 2.05) is 38.1 Å². The molecule has 6 heteroatoms. The fourth-order valence-corrected chi connectivity index (χ4v) is 2.97. The minimum Gasteiger partial charge on any atom is -0.370 e. The zero-order chi connectivity index (χ0) is 16.4. The van der Waals surface area contributed by atoms with Crippen molar-refractivity contribution in [2.45, 2.75) is 20.0 Å². The molecule has 1 aromatic carbocycles. The molecule has 1 saturated heterocycles. The Morgan fingerprint density at radius 2 is 2.09 bits per heavy atom. The lowest BCUT2D eigenvalue weighted by atomic mass is 10.1. The van der Waals surface area contributed by atoms with Gasteiger partial charge in [0.25, 0.3) is 0 Å². The summed E-state index contributed by atoms with van der Waals surface area (Å²) in [6.07, 6.45) is -0.146. The summed E-state index contributed by atoms with van der Waals surface area (Å²) in [5.41, 5.74) is 3.19. The third kappa shape index (κ3) is 3.00. The van der Waals surface area contributed by atoms with Crippen LogP contribution >= 0.6 is 11.6 Å². The number of nitrogens with zero attached hydrogens (tertiary/aromatic N) is 4. The van der Waals surface area contributed by atoms with Gasteiger partial charge in [-0.25, -0.2) is 0 Å². The molecule has 0 spiro atoms.